The summed E-state index contributed by atoms with van der Waals surface area (Å²) in [6.07, 6.45) is 4.50. The van der Waals surface area contributed by atoms with Crippen LogP contribution in [0, 0.1) is 11.8 Å². The van der Waals surface area contributed by atoms with Crippen molar-refractivity contribution in [2.75, 3.05) is 33.2 Å². The Morgan fingerprint density at radius 3 is 2.39 bits per heavy atom. The lowest BCUT2D eigenvalue weighted by molar-refractivity contribution is -0.137. The molecule has 5 nitrogen and oxygen atoms in total. The monoisotopic (exact) mass is 345 g/mol. The highest BCUT2D eigenvalue weighted by Crippen LogP contribution is 2.26. The van der Waals surface area contributed by atoms with Gasteiger partial charge < -0.3 is 15.1 Å². The molecule has 2 saturated heterocycles. The number of hydrogen-bond acceptors (Lipinski definition) is 3. The number of amides is 2. The van der Waals surface area contributed by atoms with Gasteiger partial charge in [-0.2, -0.15) is 0 Å². The Hall–Kier alpha value is -0.810. The molecule has 0 aromatic heterocycles. The average molecular weight is 346 g/mol. The van der Waals surface area contributed by atoms with E-state index >= 15 is 0 Å². The van der Waals surface area contributed by atoms with Gasteiger partial charge in [-0.25, -0.2) is 0 Å². The van der Waals surface area contributed by atoms with Crippen LogP contribution in [0.25, 0.3) is 0 Å². The molecule has 0 saturated carbocycles. The number of rotatable bonds is 6. The van der Waals surface area contributed by atoms with Crippen molar-refractivity contribution >= 4 is 24.2 Å². The standard InChI is InChI=1S/C17H31N3O2.ClH/c1-4-15(5-2)20-12-14(10-16(20)21)17(22)19-8-6-13(7-9-19)11-18-3;/h13-15,18H,4-12H2,1-3H3;1H. The molecule has 23 heavy (non-hydrogen) atoms. The van der Waals surface area contributed by atoms with Gasteiger partial charge in [0.25, 0.3) is 0 Å². The molecule has 134 valence electrons. The Morgan fingerprint density at radius 2 is 1.87 bits per heavy atom. The van der Waals surface area contributed by atoms with Crippen LogP contribution in [0.4, 0.5) is 0 Å². The Kier molecular flexibility index (Phi) is 8.34. The highest BCUT2D eigenvalue weighted by molar-refractivity contribution is 5.89. The van der Waals surface area contributed by atoms with Crippen LogP contribution in [0.15, 0.2) is 0 Å². The van der Waals surface area contributed by atoms with E-state index in [2.05, 4.69) is 19.2 Å². The molecule has 1 N–H and O–H groups in total. The van der Waals surface area contributed by atoms with Gasteiger partial charge in [0.05, 0.1) is 5.92 Å². The molecule has 2 amide bonds. The Balaban J connectivity index is 0.00000264. The van der Waals surface area contributed by atoms with Gasteiger partial charge in [-0.1, -0.05) is 13.8 Å². The topological polar surface area (TPSA) is 52.7 Å². The number of hydrogen-bond donors (Lipinski definition) is 1. The quantitative estimate of drug-likeness (QED) is 0.800. The molecular formula is C17H32ClN3O2. The van der Waals surface area contributed by atoms with Gasteiger partial charge in [-0.3, -0.25) is 9.59 Å². The zero-order valence-electron chi connectivity index (χ0n) is 14.7. The summed E-state index contributed by atoms with van der Waals surface area (Å²) < 4.78 is 0. The first-order valence-corrected chi connectivity index (χ1v) is 8.83. The summed E-state index contributed by atoms with van der Waals surface area (Å²) in [4.78, 5) is 28.8. The summed E-state index contributed by atoms with van der Waals surface area (Å²) in [6.45, 7) is 7.58. The highest BCUT2D eigenvalue weighted by Gasteiger charge is 2.39. The number of halogens is 1. The van der Waals surface area contributed by atoms with Crippen molar-refractivity contribution in [2.45, 2.75) is 52.0 Å². The van der Waals surface area contributed by atoms with E-state index in [-0.39, 0.29) is 30.1 Å². The number of likely N-dealkylation sites (tertiary alicyclic amines) is 2. The lowest BCUT2D eigenvalue weighted by Crippen LogP contribution is -2.44. The first-order chi connectivity index (χ1) is 10.6. The highest BCUT2D eigenvalue weighted by atomic mass is 35.5. The Morgan fingerprint density at radius 1 is 1.26 bits per heavy atom. The van der Waals surface area contributed by atoms with Crippen LogP contribution in [-0.4, -0.2) is 60.9 Å². The van der Waals surface area contributed by atoms with Crippen molar-refractivity contribution in [1.82, 2.24) is 15.1 Å². The van der Waals surface area contributed by atoms with Gasteiger partial charge in [0.15, 0.2) is 0 Å². The molecular weight excluding hydrogens is 314 g/mol. The van der Waals surface area contributed by atoms with Crippen molar-refractivity contribution in [2.24, 2.45) is 11.8 Å². The van der Waals surface area contributed by atoms with Gasteiger partial charge in [-0.15, -0.1) is 12.4 Å². The second kappa shape index (κ2) is 9.48. The van der Waals surface area contributed by atoms with Gasteiger partial charge in [0.1, 0.15) is 0 Å². The number of nitrogens with zero attached hydrogens (tertiary/aromatic N) is 2. The first kappa shape index (κ1) is 20.2. The molecule has 0 radical (unpaired) electrons. The van der Waals surface area contributed by atoms with Crippen molar-refractivity contribution in [3.63, 3.8) is 0 Å². The normalized spacial score (nSPS) is 22.6. The van der Waals surface area contributed by atoms with E-state index in [0.29, 0.717) is 24.9 Å². The predicted molar refractivity (Wildman–Crippen MR) is 94.7 cm³/mol. The van der Waals surface area contributed by atoms with E-state index in [1.807, 2.05) is 16.8 Å². The molecule has 0 aromatic rings. The van der Waals surface area contributed by atoms with Crippen LogP contribution in [0.1, 0.15) is 46.0 Å². The lowest BCUT2D eigenvalue weighted by atomic mass is 9.95. The van der Waals surface area contributed by atoms with Crippen molar-refractivity contribution in [3.8, 4) is 0 Å². The zero-order chi connectivity index (χ0) is 16.1. The van der Waals surface area contributed by atoms with E-state index in [0.717, 1.165) is 45.3 Å². The maximum atomic E-state index is 12.7. The summed E-state index contributed by atoms with van der Waals surface area (Å²) in [5.41, 5.74) is 0. The van der Waals surface area contributed by atoms with Crippen LogP contribution >= 0.6 is 12.4 Å². The van der Waals surface area contributed by atoms with Crippen LogP contribution in [0.3, 0.4) is 0 Å². The minimum Gasteiger partial charge on any atom is -0.342 e. The fourth-order valence-corrected chi connectivity index (χ4v) is 3.88. The summed E-state index contributed by atoms with van der Waals surface area (Å²) in [7, 11) is 1.98. The van der Waals surface area contributed by atoms with Crippen LogP contribution in [0.5, 0.6) is 0 Å². The lowest BCUT2D eigenvalue weighted by Gasteiger charge is -2.33. The van der Waals surface area contributed by atoms with E-state index in [1.54, 1.807) is 0 Å². The largest absolute Gasteiger partial charge is 0.342 e. The summed E-state index contributed by atoms with van der Waals surface area (Å²) in [5, 5.41) is 3.22. The summed E-state index contributed by atoms with van der Waals surface area (Å²) >= 11 is 0. The zero-order valence-corrected chi connectivity index (χ0v) is 15.5. The molecule has 0 spiro atoms. The molecule has 6 heteroatoms. The van der Waals surface area contributed by atoms with Gasteiger partial charge in [0, 0.05) is 32.1 Å². The third kappa shape index (κ3) is 4.83. The average Bonchev–Trinajstić information content (AvgIpc) is 2.91. The molecule has 2 heterocycles. The van der Waals surface area contributed by atoms with Crippen molar-refractivity contribution in [3.05, 3.63) is 0 Å². The number of carbonyl (C=O) groups is 2. The molecule has 2 fully saturated rings. The number of piperidine rings is 1. The van der Waals surface area contributed by atoms with Crippen LogP contribution in [-0.2, 0) is 9.59 Å². The maximum Gasteiger partial charge on any atom is 0.227 e. The number of carbonyl (C=O) groups excluding carboxylic acids is 2. The Bertz CT molecular complexity index is 393. The third-order valence-electron chi connectivity index (χ3n) is 5.31. The SMILES string of the molecule is CCC(CC)N1CC(C(=O)N2CCC(CNC)CC2)CC1=O.Cl. The van der Waals surface area contributed by atoms with Crippen molar-refractivity contribution < 1.29 is 9.59 Å². The molecule has 0 aromatic carbocycles. The molecule has 2 rings (SSSR count). The van der Waals surface area contributed by atoms with Crippen molar-refractivity contribution in [1.29, 1.82) is 0 Å². The molecule has 0 bridgehead atoms. The van der Waals surface area contributed by atoms with E-state index in [9.17, 15) is 9.59 Å². The molecule has 0 aliphatic carbocycles. The number of nitrogens with one attached hydrogen (secondary N) is 1. The molecule has 1 atom stereocenters. The fourth-order valence-electron chi connectivity index (χ4n) is 3.88. The third-order valence-corrected chi connectivity index (χ3v) is 5.31. The Labute approximate surface area is 146 Å². The minimum absolute atomic E-state index is 0. The fraction of sp³-hybridized carbons (Fsp3) is 0.882. The summed E-state index contributed by atoms with van der Waals surface area (Å²) in [5.74, 6) is 0.927. The maximum absolute atomic E-state index is 12.7. The second-order valence-corrected chi connectivity index (χ2v) is 6.74. The summed E-state index contributed by atoms with van der Waals surface area (Å²) in [6, 6.07) is 0.298. The van der Waals surface area contributed by atoms with E-state index < -0.39 is 0 Å². The van der Waals surface area contributed by atoms with Gasteiger partial charge in [0.2, 0.25) is 11.8 Å². The minimum atomic E-state index is -0.117. The molecule has 2 aliphatic heterocycles. The van der Waals surface area contributed by atoms with Gasteiger partial charge >= 0.3 is 0 Å². The second-order valence-electron chi connectivity index (χ2n) is 6.74. The predicted octanol–water partition coefficient (Wildman–Crippen LogP) is 1.90. The molecule has 1 unspecified atom stereocenters. The molecule has 2 aliphatic rings. The van der Waals surface area contributed by atoms with E-state index in [4.69, 9.17) is 0 Å². The van der Waals surface area contributed by atoms with Crippen LogP contribution in [0.2, 0.25) is 0 Å². The van der Waals surface area contributed by atoms with Crippen LogP contribution < -0.4 is 5.32 Å². The van der Waals surface area contributed by atoms with E-state index in [1.165, 1.54) is 0 Å². The first-order valence-electron chi connectivity index (χ1n) is 8.83. The smallest absolute Gasteiger partial charge is 0.227 e. The van der Waals surface area contributed by atoms with Gasteiger partial charge in [-0.05, 0) is 45.2 Å².